The lowest BCUT2D eigenvalue weighted by Crippen LogP contribution is -2.19. The first-order chi connectivity index (χ1) is 9.84. The second-order valence-corrected chi connectivity index (χ2v) is 4.45. The number of hydrogen-bond donors (Lipinski definition) is 1. The van der Waals surface area contributed by atoms with Gasteiger partial charge in [0.25, 0.3) is 0 Å². The van der Waals surface area contributed by atoms with Gasteiger partial charge in [-0.15, -0.1) is 0 Å². The van der Waals surface area contributed by atoms with Crippen LogP contribution in [-0.2, 0) is 6.18 Å². The zero-order valence-electron chi connectivity index (χ0n) is 11.1. The summed E-state index contributed by atoms with van der Waals surface area (Å²) in [4.78, 5) is 0. The molecule has 0 radical (unpaired) electrons. The van der Waals surface area contributed by atoms with E-state index in [4.69, 9.17) is 10.5 Å². The van der Waals surface area contributed by atoms with E-state index in [1.165, 1.54) is 31.4 Å². The molecule has 0 spiro atoms. The standard InChI is InChI=1S/C15H13F4NO/c1-21-13-7-6-9(16)8-11(13)14(20)10-4-2-3-5-12(10)15(17,18)19/h2-8,14H,20H2,1H3. The summed E-state index contributed by atoms with van der Waals surface area (Å²) in [5, 5.41) is 0. The van der Waals surface area contributed by atoms with Crippen LogP contribution >= 0.6 is 0 Å². The van der Waals surface area contributed by atoms with Crippen molar-refractivity contribution in [1.29, 1.82) is 0 Å². The maximum Gasteiger partial charge on any atom is 0.416 e. The first kappa shape index (κ1) is 15.3. The Morgan fingerprint density at radius 1 is 1.05 bits per heavy atom. The molecule has 112 valence electrons. The summed E-state index contributed by atoms with van der Waals surface area (Å²) in [5.74, 6) is -0.355. The van der Waals surface area contributed by atoms with Gasteiger partial charge >= 0.3 is 6.18 Å². The molecule has 2 nitrogen and oxygen atoms in total. The van der Waals surface area contributed by atoms with Crippen LogP contribution in [0.2, 0.25) is 0 Å². The molecule has 0 bridgehead atoms. The third kappa shape index (κ3) is 3.16. The zero-order chi connectivity index (χ0) is 15.6. The highest BCUT2D eigenvalue weighted by molar-refractivity contribution is 5.44. The van der Waals surface area contributed by atoms with Gasteiger partial charge in [-0.1, -0.05) is 18.2 Å². The van der Waals surface area contributed by atoms with Crippen molar-refractivity contribution in [2.45, 2.75) is 12.2 Å². The van der Waals surface area contributed by atoms with Crippen molar-refractivity contribution >= 4 is 0 Å². The number of benzene rings is 2. The van der Waals surface area contributed by atoms with Gasteiger partial charge < -0.3 is 10.5 Å². The number of halogens is 4. The second kappa shape index (κ2) is 5.73. The molecule has 0 fully saturated rings. The van der Waals surface area contributed by atoms with Crippen molar-refractivity contribution in [2.75, 3.05) is 7.11 Å². The molecule has 2 aromatic rings. The normalized spacial score (nSPS) is 13.0. The maximum atomic E-state index is 13.4. The minimum atomic E-state index is -4.53. The Kier molecular flexibility index (Phi) is 4.18. The summed E-state index contributed by atoms with van der Waals surface area (Å²) in [6.07, 6.45) is -4.53. The summed E-state index contributed by atoms with van der Waals surface area (Å²) in [5.41, 5.74) is 5.10. The van der Waals surface area contributed by atoms with Gasteiger partial charge in [-0.05, 0) is 29.8 Å². The third-order valence-corrected chi connectivity index (χ3v) is 3.13. The van der Waals surface area contributed by atoms with Gasteiger partial charge in [-0.3, -0.25) is 0 Å². The van der Waals surface area contributed by atoms with E-state index in [9.17, 15) is 17.6 Å². The van der Waals surface area contributed by atoms with Crippen LogP contribution in [0.5, 0.6) is 5.75 Å². The fourth-order valence-corrected chi connectivity index (χ4v) is 2.14. The molecule has 2 N–H and O–H groups in total. The van der Waals surface area contributed by atoms with E-state index in [1.54, 1.807) is 0 Å². The predicted molar refractivity (Wildman–Crippen MR) is 70.4 cm³/mol. The molecule has 0 amide bonds. The number of nitrogens with two attached hydrogens (primary N) is 1. The molecule has 0 aliphatic rings. The number of hydrogen-bond acceptors (Lipinski definition) is 2. The van der Waals surface area contributed by atoms with Crippen molar-refractivity contribution in [3.05, 3.63) is 65.0 Å². The molecule has 2 aromatic carbocycles. The molecule has 0 saturated heterocycles. The maximum absolute atomic E-state index is 13.4. The third-order valence-electron chi connectivity index (χ3n) is 3.13. The minimum absolute atomic E-state index is 0.131. The van der Waals surface area contributed by atoms with Crippen LogP contribution in [0.3, 0.4) is 0 Å². The zero-order valence-corrected chi connectivity index (χ0v) is 11.1. The number of ether oxygens (including phenoxy) is 1. The molecule has 0 heterocycles. The lowest BCUT2D eigenvalue weighted by atomic mass is 9.94. The molecule has 0 saturated carbocycles. The van der Waals surface area contributed by atoms with Gasteiger partial charge in [0.05, 0.1) is 18.7 Å². The Hall–Kier alpha value is -2.08. The molecule has 21 heavy (non-hydrogen) atoms. The molecule has 1 unspecified atom stereocenters. The van der Waals surface area contributed by atoms with Crippen LogP contribution in [-0.4, -0.2) is 7.11 Å². The second-order valence-electron chi connectivity index (χ2n) is 4.45. The molecule has 6 heteroatoms. The lowest BCUT2D eigenvalue weighted by molar-refractivity contribution is -0.138. The summed E-state index contributed by atoms with van der Waals surface area (Å²) < 4.78 is 57.5. The SMILES string of the molecule is COc1ccc(F)cc1C(N)c1ccccc1C(F)(F)F. The quantitative estimate of drug-likeness (QED) is 0.872. The van der Waals surface area contributed by atoms with Crippen LogP contribution in [0.4, 0.5) is 17.6 Å². The van der Waals surface area contributed by atoms with Gasteiger partial charge in [0.15, 0.2) is 0 Å². The fourth-order valence-electron chi connectivity index (χ4n) is 2.14. The summed E-state index contributed by atoms with van der Waals surface area (Å²) in [6.45, 7) is 0. The Morgan fingerprint density at radius 2 is 1.71 bits per heavy atom. The molecule has 0 aromatic heterocycles. The Morgan fingerprint density at radius 3 is 2.33 bits per heavy atom. The van der Waals surface area contributed by atoms with Gasteiger partial charge in [0.1, 0.15) is 11.6 Å². The van der Waals surface area contributed by atoms with Crippen molar-refractivity contribution < 1.29 is 22.3 Å². The van der Waals surface area contributed by atoms with Crippen LogP contribution in [0.1, 0.15) is 22.7 Å². The largest absolute Gasteiger partial charge is 0.496 e. The molecule has 2 rings (SSSR count). The predicted octanol–water partition coefficient (Wildman–Crippen LogP) is 3.90. The first-order valence-electron chi connectivity index (χ1n) is 6.09. The van der Waals surface area contributed by atoms with E-state index in [0.717, 1.165) is 18.2 Å². The topological polar surface area (TPSA) is 35.2 Å². The van der Waals surface area contributed by atoms with Crippen molar-refractivity contribution in [3.8, 4) is 5.75 Å². The van der Waals surface area contributed by atoms with E-state index in [2.05, 4.69) is 0 Å². The number of methoxy groups -OCH3 is 1. The number of alkyl halides is 3. The summed E-state index contributed by atoms with van der Waals surface area (Å²) in [6, 6.07) is 7.38. The van der Waals surface area contributed by atoms with E-state index in [0.29, 0.717) is 0 Å². The smallest absolute Gasteiger partial charge is 0.416 e. The molecule has 0 aliphatic heterocycles. The minimum Gasteiger partial charge on any atom is -0.496 e. The fraction of sp³-hybridized carbons (Fsp3) is 0.200. The van der Waals surface area contributed by atoms with Gasteiger partial charge in [0, 0.05) is 5.56 Å². The Labute approximate surface area is 119 Å². The molecule has 0 aliphatic carbocycles. The lowest BCUT2D eigenvalue weighted by Gasteiger charge is -2.20. The van der Waals surface area contributed by atoms with Crippen LogP contribution in [0.25, 0.3) is 0 Å². The highest BCUT2D eigenvalue weighted by atomic mass is 19.4. The van der Waals surface area contributed by atoms with E-state index >= 15 is 0 Å². The van der Waals surface area contributed by atoms with Crippen LogP contribution < -0.4 is 10.5 Å². The monoisotopic (exact) mass is 299 g/mol. The Balaban J connectivity index is 2.56. The summed E-state index contributed by atoms with van der Waals surface area (Å²) in [7, 11) is 1.35. The van der Waals surface area contributed by atoms with Crippen molar-refractivity contribution in [3.63, 3.8) is 0 Å². The highest BCUT2D eigenvalue weighted by Gasteiger charge is 2.35. The van der Waals surface area contributed by atoms with E-state index < -0.39 is 23.6 Å². The Bertz CT molecular complexity index is 640. The van der Waals surface area contributed by atoms with Gasteiger partial charge in [0.2, 0.25) is 0 Å². The van der Waals surface area contributed by atoms with Crippen molar-refractivity contribution in [2.24, 2.45) is 5.73 Å². The van der Waals surface area contributed by atoms with Gasteiger partial charge in [-0.2, -0.15) is 13.2 Å². The van der Waals surface area contributed by atoms with Crippen LogP contribution in [0.15, 0.2) is 42.5 Å². The molecular weight excluding hydrogens is 286 g/mol. The number of rotatable bonds is 3. The highest BCUT2D eigenvalue weighted by Crippen LogP contribution is 2.37. The average Bonchev–Trinajstić information content (AvgIpc) is 2.45. The molecular formula is C15H13F4NO. The molecule has 1 atom stereocenters. The van der Waals surface area contributed by atoms with E-state index in [1.807, 2.05) is 0 Å². The van der Waals surface area contributed by atoms with E-state index in [-0.39, 0.29) is 16.9 Å². The van der Waals surface area contributed by atoms with Crippen LogP contribution in [0, 0.1) is 5.82 Å². The first-order valence-corrected chi connectivity index (χ1v) is 6.09. The summed E-state index contributed by atoms with van der Waals surface area (Å²) >= 11 is 0. The average molecular weight is 299 g/mol. The van der Waals surface area contributed by atoms with Gasteiger partial charge in [-0.25, -0.2) is 4.39 Å². The van der Waals surface area contributed by atoms with Crippen molar-refractivity contribution in [1.82, 2.24) is 0 Å².